The van der Waals surface area contributed by atoms with Crippen LogP contribution in [0.3, 0.4) is 0 Å². The highest BCUT2D eigenvalue weighted by Crippen LogP contribution is 2.30. The lowest BCUT2D eigenvalue weighted by Crippen LogP contribution is -2.46. The molecular formula is C17H26N2O5S. The molecule has 1 atom stereocenters. The van der Waals surface area contributed by atoms with Crippen molar-refractivity contribution >= 4 is 10.2 Å². The molecular weight excluding hydrogens is 344 g/mol. The fraction of sp³-hybridized carbons (Fsp3) is 0.647. The van der Waals surface area contributed by atoms with Crippen LogP contribution < -0.4 is 14.2 Å². The minimum Gasteiger partial charge on any atom is -0.490 e. The number of rotatable bonds is 6. The maximum Gasteiger partial charge on any atom is 0.279 e. The SMILES string of the molecule is COCC1CCCN(S(=O)(=O)NCc2ccc3c(c2)OCCCO3)C1. The van der Waals surface area contributed by atoms with E-state index in [1.54, 1.807) is 7.11 Å². The Labute approximate surface area is 149 Å². The molecule has 1 saturated heterocycles. The predicted molar refractivity (Wildman–Crippen MR) is 94.0 cm³/mol. The van der Waals surface area contributed by atoms with Gasteiger partial charge < -0.3 is 14.2 Å². The summed E-state index contributed by atoms with van der Waals surface area (Å²) in [5.74, 6) is 1.64. The van der Waals surface area contributed by atoms with Gasteiger partial charge in [-0.25, -0.2) is 0 Å². The smallest absolute Gasteiger partial charge is 0.279 e. The Morgan fingerprint density at radius 1 is 1.24 bits per heavy atom. The summed E-state index contributed by atoms with van der Waals surface area (Å²) >= 11 is 0. The van der Waals surface area contributed by atoms with E-state index in [2.05, 4.69) is 4.72 Å². The monoisotopic (exact) mass is 370 g/mol. The summed E-state index contributed by atoms with van der Waals surface area (Å²) < 4.78 is 45.8. The number of fused-ring (bicyclic) bond motifs is 1. The van der Waals surface area contributed by atoms with E-state index in [1.165, 1.54) is 4.31 Å². The number of nitrogens with zero attached hydrogens (tertiary/aromatic N) is 1. The van der Waals surface area contributed by atoms with Crippen molar-refractivity contribution in [1.82, 2.24) is 9.03 Å². The van der Waals surface area contributed by atoms with Gasteiger partial charge in [-0.2, -0.15) is 17.4 Å². The fourth-order valence-corrected chi connectivity index (χ4v) is 4.51. The minimum atomic E-state index is -3.51. The van der Waals surface area contributed by atoms with E-state index in [9.17, 15) is 8.42 Å². The molecule has 1 aromatic rings. The normalized spacial score (nSPS) is 21.7. The molecule has 1 unspecified atom stereocenters. The highest BCUT2D eigenvalue weighted by molar-refractivity contribution is 7.87. The Bertz CT molecular complexity index is 678. The number of ether oxygens (including phenoxy) is 3. The van der Waals surface area contributed by atoms with Gasteiger partial charge in [-0.1, -0.05) is 6.07 Å². The quantitative estimate of drug-likeness (QED) is 0.822. The van der Waals surface area contributed by atoms with E-state index in [-0.39, 0.29) is 12.5 Å². The van der Waals surface area contributed by atoms with Crippen molar-refractivity contribution in [3.05, 3.63) is 23.8 Å². The lowest BCUT2D eigenvalue weighted by Gasteiger charge is -2.31. The second-order valence-electron chi connectivity index (χ2n) is 6.48. The molecule has 2 heterocycles. The number of methoxy groups -OCH3 is 1. The summed E-state index contributed by atoms with van der Waals surface area (Å²) in [6, 6.07) is 5.53. The van der Waals surface area contributed by atoms with Crippen LogP contribution in [0.1, 0.15) is 24.8 Å². The van der Waals surface area contributed by atoms with E-state index in [0.29, 0.717) is 44.4 Å². The van der Waals surface area contributed by atoms with Crippen LogP contribution in [-0.4, -0.2) is 52.7 Å². The minimum absolute atomic E-state index is 0.227. The molecule has 25 heavy (non-hydrogen) atoms. The van der Waals surface area contributed by atoms with Crippen molar-refractivity contribution in [2.24, 2.45) is 5.92 Å². The summed E-state index contributed by atoms with van der Waals surface area (Å²) in [6.45, 7) is 3.12. The van der Waals surface area contributed by atoms with Crippen LogP contribution in [0.15, 0.2) is 18.2 Å². The van der Waals surface area contributed by atoms with Crippen LogP contribution in [-0.2, 0) is 21.5 Å². The molecule has 0 aromatic heterocycles. The van der Waals surface area contributed by atoms with Gasteiger partial charge in [0.25, 0.3) is 10.2 Å². The topological polar surface area (TPSA) is 77.1 Å². The van der Waals surface area contributed by atoms with Gasteiger partial charge in [0.15, 0.2) is 11.5 Å². The first-order valence-electron chi connectivity index (χ1n) is 8.70. The Kier molecular flexibility index (Phi) is 6.16. The van der Waals surface area contributed by atoms with E-state index in [4.69, 9.17) is 14.2 Å². The van der Waals surface area contributed by atoms with Crippen molar-refractivity contribution in [3.63, 3.8) is 0 Å². The molecule has 2 aliphatic heterocycles. The van der Waals surface area contributed by atoms with Crippen LogP contribution in [0, 0.1) is 5.92 Å². The number of benzene rings is 1. The number of nitrogens with one attached hydrogen (secondary N) is 1. The molecule has 8 heteroatoms. The van der Waals surface area contributed by atoms with Crippen molar-refractivity contribution in [1.29, 1.82) is 0 Å². The van der Waals surface area contributed by atoms with Gasteiger partial charge in [-0.15, -0.1) is 0 Å². The van der Waals surface area contributed by atoms with Gasteiger partial charge in [0.05, 0.1) is 19.8 Å². The third-order valence-corrected chi connectivity index (χ3v) is 6.02. The summed E-state index contributed by atoms with van der Waals surface area (Å²) in [7, 11) is -1.86. The van der Waals surface area contributed by atoms with Crippen molar-refractivity contribution < 1.29 is 22.6 Å². The molecule has 0 radical (unpaired) electrons. The summed E-state index contributed by atoms with van der Waals surface area (Å²) in [5, 5.41) is 0. The van der Waals surface area contributed by atoms with Gasteiger partial charge in [0, 0.05) is 33.2 Å². The van der Waals surface area contributed by atoms with Crippen molar-refractivity contribution in [2.45, 2.75) is 25.8 Å². The molecule has 2 aliphatic rings. The first-order valence-corrected chi connectivity index (χ1v) is 10.1. The molecule has 1 aromatic carbocycles. The first-order chi connectivity index (χ1) is 12.1. The zero-order chi connectivity index (χ0) is 17.7. The maximum absolute atomic E-state index is 12.6. The van der Waals surface area contributed by atoms with Crippen molar-refractivity contribution in [3.8, 4) is 11.5 Å². The highest BCUT2D eigenvalue weighted by Gasteiger charge is 2.28. The molecule has 1 N–H and O–H groups in total. The van der Waals surface area contributed by atoms with Gasteiger partial charge >= 0.3 is 0 Å². The molecule has 0 spiro atoms. The van der Waals surface area contributed by atoms with Gasteiger partial charge in [-0.3, -0.25) is 0 Å². The summed E-state index contributed by atoms with van der Waals surface area (Å²) in [4.78, 5) is 0. The molecule has 7 nitrogen and oxygen atoms in total. The lowest BCUT2D eigenvalue weighted by molar-refractivity contribution is 0.118. The van der Waals surface area contributed by atoms with Gasteiger partial charge in [0.1, 0.15) is 0 Å². The van der Waals surface area contributed by atoms with E-state index >= 15 is 0 Å². The standard InChI is InChI=1S/C17H26N2O5S/c1-22-13-15-4-2-7-19(12-15)25(20,21)18-11-14-5-6-16-17(10-14)24-9-3-8-23-16/h5-6,10,15,18H,2-4,7-9,11-13H2,1H3. The van der Waals surface area contributed by atoms with Crippen LogP contribution in [0.5, 0.6) is 11.5 Å². The predicted octanol–water partition coefficient (Wildman–Crippen LogP) is 1.54. The van der Waals surface area contributed by atoms with Crippen LogP contribution >= 0.6 is 0 Å². The summed E-state index contributed by atoms with van der Waals surface area (Å²) in [6.07, 6.45) is 2.70. The zero-order valence-corrected chi connectivity index (χ0v) is 15.4. The Morgan fingerprint density at radius 3 is 2.84 bits per heavy atom. The molecule has 140 valence electrons. The molecule has 0 bridgehead atoms. The molecule has 0 amide bonds. The first kappa shape index (κ1) is 18.4. The fourth-order valence-electron chi connectivity index (χ4n) is 3.20. The molecule has 0 aliphatic carbocycles. The van der Waals surface area contributed by atoms with E-state index in [1.807, 2.05) is 18.2 Å². The van der Waals surface area contributed by atoms with Crippen LogP contribution in [0.4, 0.5) is 0 Å². The zero-order valence-electron chi connectivity index (χ0n) is 14.6. The highest BCUT2D eigenvalue weighted by atomic mass is 32.2. The lowest BCUT2D eigenvalue weighted by atomic mass is 10.0. The Hall–Kier alpha value is -1.35. The molecule has 1 fully saturated rings. The molecule has 0 saturated carbocycles. The second kappa shape index (κ2) is 8.35. The molecule has 3 rings (SSSR count). The number of hydrogen-bond acceptors (Lipinski definition) is 5. The van der Waals surface area contributed by atoms with E-state index < -0.39 is 10.2 Å². The van der Waals surface area contributed by atoms with Crippen LogP contribution in [0.2, 0.25) is 0 Å². The average molecular weight is 370 g/mol. The van der Waals surface area contributed by atoms with Gasteiger partial charge in [0.2, 0.25) is 0 Å². The largest absolute Gasteiger partial charge is 0.490 e. The maximum atomic E-state index is 12.6. The van der Waals surface area contributed by atoms with E-state index in [0.717, 1.165) is 24.8 Å². The third-order valence-electron chi connectivity index (χ3n) is 4.49. The van der Waals surface area contributed by atoms with Crippen molar-refractivity contribution in [2.75, 3.05) is 40.0 Å². The second-order valence-corrected chi connectivity index (χ2v) is 8.23. The van der Waals surface area contributed by atoms with Gasteiger partial charge in [-0.05, 0) is 36.5 Å². The summed E-state index contributed by atoms with van der Waals surface area (Å²) in [5.41, 5.74) is 0.846. The number of piperidine rings is 1. The third kappa shape index (κ3) is 4.84. The average Bonchev–Trinajstić information content (AvgIpc) is 2.85. The Balaban J connectivity index is 1.61. The van der Waals surface area contributed by atoms with Crippen LogP contribution in [0.25, 0.3) is 0 Å². The number of hydrogen-bond donors (Lipinski definition) is 1. The Morgan fingerprint density at radius 2 is 2.04 bits per heavy atom.